The highest BCUT2D eigenvalue weighted by Gasteiger charge is 2.19. The number of hydrogen-bond acceptors (Lipinski definition) is 5. The number of carbonyl (C=O) groups excluding carboxylic acids is 1. The Morgan fingerprint density at radius 2 is 2.23 bits per heavy atom. The lowest BCUT2D eigenvalue weighted by Crippen LogP contribution is -2.44. The number of rotatable bonds is 4. The lowest BCUT2D eigenvalue weighted by Gasteiger charge is -2.07. The van der Waals surface area contributed by atoms with Gasteiger partial charge in [-0.05, 0) is 0 Å². The van der Waals surface area contributed by atoms with Gasteiger partial charge in [0.2, 0.25) is 5.91 Å². The average molecular weight is 207 g/mol. The van der Waals surface area contributed by atoms with Crippen LogP contribution in [0.3, 0.4) is 0 Å². The van der Waals surface area contributed by atoms with Crippen LogP contribution in [-0.4, -0.2) is 37.2 Å². The molecule has 8 heteroatoms. The van der Waals surface area contributed by atoms with Gasteiger partial charge in [0.1, 0.15) is 12.6 Å². The van der Waals surface area contributed by atoms with Crippen LogP contribution in [0.2, 0.25) is 0 Å². The first-order valence-electron chi connectivity index (χ1n) is 3.22. The van der Waals surface area contributed by atoms with Crippen molar-refractivity contribution in [1.82, 2.24) is 5.32 Å². The average Bonchev–Trinajstić information content (AvgIpc) is 1.96. The third-order valence-electron chi connectivity index (χ3n) is 1.07. The molecule has 4 N–H and O–H groups in total. The van der Waals surface area contributed by atoms with Gasteiger partial charge < -0.3 is 11.1 Å². The van der Waals surface area contributed by atoms with Crippen LogP contribution in [0, 0.1) is 11.3 Å². The summed E-state index contributed by atoms with van der Waals surface area (Å²) in [6.45, 7) is -0.252. The molecule has 0 aliphatic rings. The van der Waals surface area contributed by atoms with Gasteiger partial charge in [0.15, 0.2) is 0 Å². The van der Waals surface area contributed by atoms with Crippen molar-refractivity contribution in [1.29, 1.82) is 5.26 Å². The Hall–Kier alpha value is -1.17. The Morgan fingerprint density at radius 1 is 1.69 bits per heavy atom. The SMILES string of the molecule is N#CCNC(=O)C(N)CS(=O)(=O)O. The summed E-state index contributed by atoms with van der Waals surface area (Å²) in [7, 11) is -4.26. The molecule has 0 saturated carbocycles. The van der Waals surface area contributed by atoms with Crippen molar-refractivity contribution in [3.8, 4) is 6.07 Å². The van der Waals surface area contributed by atoms with Crippen LogP contribution in [0.4, 0.5) is 0 Å². The molecule has 0 saturated heterocycles. The maximum absolute atomic E-state index is 10.8. The number of nitrogens with one attached hydrogen (secondary N) is 1. The van der Waals surface area contributed by atoms with Gasteiger partial charge in [-0.15, -0.1) is 0 Å². The topological polar surface area (TPSA) is 133 Å². The zero-order valence-electron chi connectivity index (χ0n) is 6.60. The molecule has 0 bridgehead atoms. The van der Waals surface area contributed by atoms with Gasteiger partial charge >= 0.3 is 0 Å². The monoisotopic (exact) mass is 207 g/mol. The Balaban J connectivity index is 4.06. The van der Waals surface area contributed by atoms with Gasteiger partial charge in [0.05, 0.1) is 11.8 Å². The predicted molar refractivity (Wildman–Crippen MR) is 43.0 cm³/mol. The molecule has 0 fully saturated rings. The number of hydrogen-bond donors (Lipinski definition) is 3. The molecule has 1 unspecified atom stereocenters. The van der Waals surface area contributed by atoms with E-state index in [0.717, 1.165) is 0 Å². The minimum Gasteiger partial charge on any atom is -0.342 e. The molecular formula is C5H9N3O4S. The fourth-order valence-corrected chi connectivity index (χ4v) is 1.17. The summed E-state index contributed by atoms with van der Waals surface area (Å²) in [6, 6.07) is 0.259. The van der Waals surface area contributed by atoms with Gasteiger partial charge in [-0.3, -0.25) is 9.35 Å². The van der Waals surface area contributed by atoms with Gasteiger partial charge in [-0.25, -0.2) is 0 Å². The largest absolute Gasteiger partial charge is 0.342 e. The molecule has 0 heterocycles. The van der Waals surface area contributed by atoms with Crippen LogP contribution in [0.15, 0.2) is 0 Å². The molecule has 1 atom stereocenters. The third kappa shape index (κ3) is 6.03. The normalized spacial score (nSPS) is 13.0. The highest BCUT2D eigenvalue weighted by atomic mass is 32.2. The molecule has 0 aromatic carbocycles. The molecule has 0 aromatic rings. The van der Waals surface area contributed by atoms with E-state index in [2.05, 4.69) is 5.32 Å². The molecule has 0 aromatic heterocycles. The van der Waals surface area contributed by atoms with E-state index in [-0.39, 0.29) is 6.54 Å². The Labute approximate surface area is 75.3 Å². The van der Waals surface area contributed by atoms with E-state index < -0.39 is 27.8 Å². The zero-order chi connectivity index (χ0) is 10.5. The molecule has 1 amide bonds. The third-order valence-corrected chi connectivity index (χ3v) is 1.85. The van der Waals surface area contributed by atoms with E-state index >= 15 is 0 Å². The molecule has 74 valence electrons. The van der Waals surface area contributed by atoms with Crippen LogP contribution >= 0.6 is 0 Å². The number of nitriles is 1. The van der Waals surface area contributed by atoms with Crippen LogP contribution in [-0.2, 0) is 14.9 Å². The standard InChI is InChI=1S/C5H9N3O4S/c6-1-2-8-5(9)4(7)3-13(10,11)12/h4H,2-3,7H2,(H,8,9)(H,10,11,12). The van der Waals surface area contributed by atoms with Gasteiger partial charge in [-0.2, -0.15) is 13.7 Å². The maximum atomic E-state index is 10.8. The maximum Gasteiger partial charge on any atom is 0.266 e. The molecule has 0 aliphatic carbocycles. The molecule has 13 heavy (non-hydrogen) atoms. The smallest absolute Gasteiger partial charge is 0.266 e. The molecule has 0 aliphatic heterocycles. The first-order chi connectivity index (χ1) is 5.87. The van der Waals surface area contributed by atoms with Crippen molar-refractivity contribution in [2.24, 2.45) is 5.73 Å². The summed E-state index contributed by atoms with van der Waals surface area (Å²) in [5.74, 6) is -1.65. The zero-order valence-corrected chi connectivity index (χ0v) is 7.41. The second-order valence-electron chi connectivity index (χ2n) is 2.23. The summed E-state index contributed by atoms with van der Waals surface area (Å²) in [4.78, 5) is 10.8. The second-order valence-corrected chi connectivity index (χ2v) is 3.73. The predicted octanol–water partition coefficient (Wildman–Crippen LogP) is -2.16. The van der Waals surface area contributed by atoms with Crippen molar-refractivity contribution in [3.63, 3.8) is 0 Å². The molecule has 0 spiro atoms. The lowest BCUT2D eigenvalue weighted by atomic mass is 10.3. The van der Waals surface area contributed by atoms with Crippen molar-refractivity contribution < 1.29 is 17.8 Å². The highest BCUT2D eigenvalue weighted by molar-refractivity contribution is 7.85. The number of amides is 1. The quantitative estimate of drug-likeness (QED) is 0.355. The van der Waals surface area contributed by atoms with E-state index in [9.17, 15) is 13.2 Å². The van der Waals surface area contributed by atoms with E-state index in [4.69, 9.17) is 15.5 Å². The number of nitrogens with two attached hydrogens (primary N) is 1. The van der Waals surface area contributed by atoms with Crippen molar-refractivity contribution in [2.75, 3.05) is 12.3 Å². The Morgan fingerprint density at radius 3 is 2.62 bits per heavy atom. The highest BCUT2D eigenvalue weighted by Crippen LogP contribution is 1.87. The summed E-state index contributed by atoms with van der Waals surface area (Å²) in [5.41, 5.74) is 5.08. The van der Waals surface area contributed by atoms with Crippen molar-refractivity contribution >= 4 is 16.0 Å². The second kappa shape index (κ2) is 4.76. The Kier molecular flexibility index (Phi) is 4.33. The minimum atomic E-state index is -4.26. The molecule has 7 nitrogen and oxygen atoms in total. The van der Waals surface area contributed by atoms with Crippen LogP contribution in [0.1, 0.15) is 0 Å². The number of nitrogens with zero attached hydrogens (tertiary/aromatic N) is 1. The summed E-state index contributed by atoms with van der Waals surface area (Å²) in [5, 5.41) is 10.1. The first kappa shape index (κ1) is 11.8. The Bertz CT molecular complexity index is 317. The fraction of sp³-hybridized carbons (Fsp3) is 0.600. The van der Waals surface area contributed by atoms with Gasteiger partial charge in [0, 0.05) is 0 Å². The van der Waals surface area contributed by atoms with Crippen LogP contribution < -0.4 is 11.1 Å². The summed E-state index contributed by atoms with van der Waals surface area (Å²) in [6.07, 6.45) is 0. The molecule has 0 rings (SSSR count). The van der Waals surface area contributed by atoms with Crippen molar-refractivity contribution in [2.45, 2.75) is 6.04 Å². The van der Waals surface area contributed by atoms with Gasteiger partial charge in [0.25, 0.3) is 10.1 Å². The summed E-state index contributed by atoms with van der Waals surface area (Å²) >= 11 is 0. The number of carbonyl (C=O) groups is 1. The van der Waals surface area contributed by atoms with Crippen LogP contribution in [0.25, 0.3) is 0 Å². The van der Waals surface area contributed by atoms with Crippen molar-refractivity contribution in [3.05, 3.63) is 0 Å². The minimum absolute atomic E-state index is 0.252. The lowest BCUT2D eigenvalue weighted by molar-refractivity contribution is -0.121. The van der Waals surface area contributed by atoms with Gasteiger partial charge in [-0.1, -0.05) is 0 Å². The van der Waals surface area contributed by atoms with Crippen LogP contribution in [0.5, 0.6) is 0 Å². The molecule has 0 radical (unpaired) electrons. The van der Waals surface area contributed by atoms with E-state index in [1.165, 1.54) is 0 Å². The summed E-state index contributed by atoms with van der Waals surface area (Å²) < 4.78 is 28.8. The van der Waals surface area contributed by atoms with E-state index in [1.807, 2.05) is 0 Å². The first-order valence-corrected chi connectivity index (χ1v) is 4.83. The van der Waals surface area contributed by atoms with E-state index in [0.29, 0.717) is 0 Å². The fourth-order valence-electron chi connectivity index (χ4n) is 0.560. The molecular weight excluding hydrogens is 198 g/mol. The van der Waals surface area contributed by atoms with E-state index in [1.54, 1.807) is 6.07 Å².